The molecular formula is C36H45F. The maximum Gasteiger partial charge on any atom is 0.132 e. The summed E-state index contributed by atoms with van der Waals surface area (Å²) in [5.74, 6) is 0. The van der Waals surface area contributed by atoms with Crippen LogP contribution in [0.1, 0.15) is 110 Å². The number of hydrogen-bond acceptors (Lipinski definition) is 0. The molecule has 0 N–H and O–H groups in total. The zero-order chi connectivity index (χ0) is 26.3. The molecule has 0 nitrogen and oxygen atoms in total. The molecule has 6 aliphatic rings. The zero-order valence-corrected chi connectivity index (χ0v) is 23.9. The van der Waals surface area contributed by atoms with Crippen LogP contribution in [-0.4, -0.2) is 5.67 Å². The molecule has 0 saturated heterocycles. The average molecular weight is 497 g/mol. The molecule has 0 radical (unpaired) electrons. The van der Waals surface area contributed by atoms with Crippen LogP contribution in [0, 0.1) is 10.8 Å². The van der Waals surface area contributed by atoms with Gasteiger partial charge in [-0.15, -0.1) is 0 Å². The van der Waals surface area contributed by atoms with E-state index in [2.05, 4.69) is 89.2 Å². The Hall–Kier alpha value is -2.15. The summed E-state index contributed by atoms with van der Waals surface area (Å²) in [5, 5.41) is 0. The van der Waals surface area contributed by atoms with Crippen LogP contribution in [0.4, 0.5) is 4.39 Å². The minimum absolute atomic E-state index is 0.0502. The quantitative estimate of drug-likeness (QED) is 0.361. The van der Waals surface area contributed by atoms with Crippen LogP contribution >= 0.6 is 0 Å². The largest absolute Gasteiger partial charge is 0.239 e. The van der Waals surface area contributed by atoms with Gasteiger partial charge in [0.2, 0.25) is 0 Å². The zero-order valence-electron chi connectivity index (χ0n) is 23.9. The van der Waals surface area contributed by atoms with Crippen LogP contribution in [-0.2, 0) is 17.3 Å². The van der Waals surface area contributed by atoms with E-state index in [1.165, 1.54) is 47.9 Å². The Kier molecular flexibility index (Phi) is 5.56. The molecule has 0 aliphatic heterocycles. The van der Waals surface area contributed by atoms with Gasteiger partial charge in [-0.1, -0.05) is 85.2 Å². The van der Waals surface area contributed by atoms with Crippen molar-refractivity contribution >= 4 is 0 Å². The molecule has 0 spiro atoms. The molecule has 2 aromatic carbocycles. The predicted octanol–water partition coefficient (Wildman–Crippen LogP) is 9.97. The molecular weight excluding hydrogens is 451 g/mol. The van der Waals surface area contributed by atoms with Crippen molar-refractivity contribution in [3.63, 3.8) is 0 Å². The van der Waals surface area contributed by atoms with Gasteiger partial charge in [0.25, 0.3) is 0 Å². The van der Waals surface area contributed by atoms with E-state index in [-0.39, 0.29) is 21.7 Å². The molecule has 2 aromatic rings. The molecule has 1 heteroatoms. The Morgan fingerprint density at radius 2 is 1.08 bits per heavy atom. The number of hydrogen-bond donors (Lipinski definition) is 0. The van der Waals surface area contributed by atoms with Crippen LogP contribution in [0.25, 0.3) is 0 Å². The molecule has 2 fully saturated rings. The third kappa shape index (κ3) is 3.31. The highest BCUT2D eigenvalue weighted by molar-refractivity contribution is 5.48. The Bertz CT molecular complexity index is 1250. The number of allylic oxidation sites excluding steroid dienone is 4. The van der Waals surface area contributed by atoms with Crippen LogP contribution in [0.15, 0.2) is 76.9 Å². The highest BCUT2D eigenvalue weighted by Gasteiger charge is 2.57. The minimum atomic E-state index is -1.04. The second-order valence-corrected chi connectivity index (χ2v) is 13.8. The maximum atomic E-state index is 15.3. The topological polar surface area (TPSA) is 0 Å². The number of benzene rings is 2. The fourth-order valence-corrected chi connectivity index (χ4v) is 9.66. The van der Waals surface area contributed by atoms with Crippen LogP contribution in [0.2, 0.25) is 0 Å². The van der Waals surface area contributed by atoms with Gasteiger partial charge in [0.15, 0.2) is 0 Å². The predicted molar refractivity (Wildman–Crippen MR) is 154 cm³/mol. The van der Waals surface area contributed by atoms with Crippen molar-refractivity contribution in [2.24, 2.45) is 10.8 Å². The Morgan fingerprint density at radius 3 is 1.65 bits per heavy atom. The van der Waals surface area contributed by atoms with E-state index in [1.54, 1.807) is 11.1 Å². The van der Waals surface area contributed by atoms with E-state index in [9.17, 15) is 0 Å². The smallest absolute Gasteiger partial charge is 0.132 e. The summed E-state index contributed by atoms with van der Waals surface area (Å²) >= 11 is 0. The van der Waals surface area contributed by atoms with E-state index in [4.69, 9.17) is 0 Å². The monoisotopic (exact) mass is 496 g/mol. The molecule has 0 atom stereocenters. The molecule has 0 aromatic heterocycles. The summed E-state index contributed by atoms with van der Waals surface area (Å²) in [6.07, 6.45) is 9.48. The maximum absolute atomic E-state index is 15.3. The van der Waals surface area contributed by atoms with E-state index in [1.807, 2.05) is 6.92 Å². The lowest BCUT2D eigenvalue weighted by Gasteiger charge is -2.61. The van der Waals surface area contributed by atoms with Crippen molar-refractivity contribution in [3.8, 4) is 0 Å². The lowest BCUT2D eigenvalue weighted by Crippen LogP contribution is -2.52. The van der Waals surface area contributed by atoms with Crippen molar-refractivity contribution in [3.05, 3.63) is 93.6 Å². The van der Waals surface area contributed by atoms with Crippen LogP contribution < -0.4 is 0 Å². The van der Waals surface area contributed by atoms with Gasteiger partial charge in [-0.3, -0.25) is 0 Å². The Labute approximate surface area is 224 Å². The molecule has 4 bridgehead atoms. The molecule has 0 heterocycles. The minimum Gasteiger partial charge on any atom is -0.239 e. The van der Waals surface area contributed by atoms with Crippen molar-refractivity contribution in [2.75, 3.05) is 0 Å². The molecule has 0 unspecified atom stereocenters. The first-order valence-electron chi connectivity index (χ1n) is 14.7. The van der Waals surface area contributed by atoms with E-state index in [0.717, 1.165) is 24.8 Å². The normalized spacial score (nSPS) is 35.4. The molecule has 37 heavy (non-hydrogen) atoms. The van der Waals surface area contributed by atoms with Gasteiger partial charge in [0.1, 0.15) is 5.67 Å². The number of halogens is 1. The first-order chi connectivity index (χ1) is 17.5. The third-order valence-electron chi connectivity index (χ3n) is 12.6. The van der Waals surface area contributed by atoms with Crippen LogP contribution in [0.5, 0.6) is 0 Å². The average Bonchev–Trinajstić information content (AvgIpc) is 2.91. The lowest BCUT2D eigenvalue weighted by atomic mass is 9.43. The Balaban J connectivity index is 1.28. The number of rotatable bonds is 5. The van der Waals surface area contributed by atoms with Crippen molar-refractivity contribution in [1.29, 1.82) is 0 Å². The van der Waals surface area contributed by atoms with Gasteiger partial charge in [0, 0.05) is 10.8 Å². The molecule has 196 valence electrons. The third-order valence-corrected chi connectivity index (χ3v) is 12.6. The summed E-state index contributed by atoms with van der Waals surface area (Å²) in [6.45, 7) is 14.2. The van der Waals surface area contributed by atoms with Crippen molar-refractivity contribution in [1.82, 2.24) is 0 Å². The van der Waals surface area contributed by atoms with Gasteiger partial charge in [-0.05, 0) is 119 Å². The SMILES string of the molecule is CC1=C(C)C2(c3ccc(CC(C)(C)C45CCC(c6ccccc6)(CC4)C(C)=C5C)cc3)CCC1(F)CC2. The first kappa shape index (κ1) is 25.1. The standard InChI is InChI=1S/C36H45F/c1-25-27(3)35(20-16-33(25,17-21-35)30-10-8-7-9-11-30)32(5,6)24-29-12-14-31(15-13-29)34-18-22-36(37,23-19-34)28(4)26(34)2/h7-15H,16-24H2,1-6H3. The van der Waals surface area contributed by atoms with Crippen LogP contribution in [0.3, 0.4) is 0 Å². The molecule has 6 aliphatic carbocycles. The highest BCUT2D eigenvalue weighted by atomic mass is 19.1. The first-order valence-corrected chi connectivity index (χ1v) is 14.7. The van der Waals surface area contributed by atoms with Crippen molar-refractivity contribution < 1.29 is 4.39 Å². The summed E-state index contributed by atoms with van der Waals surface area (Å²) in [7, 11) is 0. The van der Waals surface area contributed by atoms with Gasteiger partial charge < -0.3 is 0 Å². The summed E-state index contributed by atoms with van der Waals surface area (Å²) in [6, 6.07) is 20.8. The molecule has 0 amide bonds. The summed E-state index contributed by atoms with van der Waals surface area (Å²) in [5.41, 5.74) is 9.67. The summed E-state index contributed by atoms with van der Waals surface area (Å²) in [4.78, 5) is 0. The second-order valence-electron chi connectivity index (χ2n) is 13.8. The molecule has 2 saturated carbocycles. The Morgan fingerprint density at radius 1 is 0.595 bits per heavy atom. The fourth-order valence-electron chi connectivity index (χ4n) is 9.66. The van der Waals surface area contributed by atoms with Gasteiger partial charge >= 0.3 is 0 Å². The molecule has 8 rings (SSSR count). The van der Waals surface area contributed by atoms with Gasteiger partial charge in [-0.25, -0.2) is 4.39 Å². The second kappa shape index (κ2) is 8.17. The fraction of sp³-hybridized carbons (Fsp3) is 0.556. The van der Waals surface area contributed by atoms with Gasteiger partial charge in [-0.2, -0.15) is 0 Å². The van der Waals surface area contributed by atoms with E-state index in [0.29, 0.717) is 12.8 Å². The number of fused-ring (bicyclic) bond motifs is 4. The van der Waals surface area contributed by atoms with Gasteiger partial charge in [0.05, 0.1) is 0 Å². The van der Waals surface area contributed by atoms with Crippen molar-refractivity contribution in [2.45, 2.75) is 116 Å². The van der Waals surface area contributed by atoms with E-state index >= 15 is 4.39 Å². The summed E-state index contributed by atoms with van der Waals surface area (Å²) < 4.78 is 15.3. The highest BCUT2D eigenvalue weighted by Crippen LogP contribution is 2.66. The lowest BCUT2D eigenvalue weighted by molar-refractivity contribution is 0.0214. The number of alkyl halides is 1. The van der Waals surface area contributed by atoms with E-state index < -0.39 is 5.67 Å².